The lowest BCUT2D eigenvalue weighted by Crippen LogP contribution is -2.12. The first-order chi connectivity index (χ1) is 7.15. The van der Waals surface area contributed by atoms with Crippen LogP contribution in [-0.4, -0.2) is 15.0 Å². The number of hydrogen-bond acceptors (Lipinski definition) is 3. The first kappa shape index (κ1) is 9.79. The number of H-pyrrole nitrogens is 2. The highest BCUT2D eigenvalue weighted by Gasteiger charge is 1.99. The average molecular weight is 219 g/mol. The Balaban J connectivity index is 2.59. The van der Waals surface area contributed by atoms with Crippen molar-refractivity contribution in [2.75, 3.05) is 0 Å². The molecule has 0 amide bonds. The van der Waals surface area contributed by atoms with Crippen molar-refractivity contribution >= 4 is 12.2 Å². The third-order valence-electron chi connectivity index (χ3n) is 1.99. The van der Waals surface area contributed by atoms with Crippen LogP contribution in [0.4, 0.5) is 0 Å². The third-order valence-corrected chi connectivity index (χ3v) is 2.18. The second kappa shape index (κ2) is 3.78. The van der Waals surface area contributed by atoms with Gasteiger partial charge in [0, 0.05) is 5.56 Å². The van der Waals surface area contributed by atoms with Crippen LogP contribution in [0.5, 0.6) is 0 Å². The van der Waals surface area contributed by atoms with Crippen LogP contribution < -0.4 is 5.69 Å². The fourth-order valence-electron chi connectivity index (χ4n) is 1.24. The fraction of sp³-hybridized carbons (Fsp3) is 0.100. The summed E-state index contributed by atoms with van der Waals surface area (Å²) in [5.74, 6) is 0.490. The standard InChI is InChI=1S/C10H9N3OS/c1-6-2-4-7(5-3-6)8-11-9(14)13-10(15)12-8/h2-5H,1H3,(H2,11,12,13,14,15). The van der Waals surface area contributed by atoms with Crippen LogP contribution in [-0.2, 0) is 0 Å². The highest BCUT2D eigenvalue weighted by Crippen LogP contribution is 2.13. The van der Waals surface area contributed by atoms with Gasteiger partial charge in [0.25, 0.3) is 0 Å². The number of nitrogens with zero attached hydrogens (tertiary/aromatic N) is 1. The maximum absolute atomic E-state index is 11.1. The summed E-state index contributed by atoms with van der Waals surface area (Å²) in [6, 6.07) is 7.69. The Morgan fingerprint density at radius 1 is 1.20 bits per heavy atom. The van der Waals surface area contributed by atoms with Gasteiger partial charge in [-0.25, -0.2) is 9.78 Å². The zero-order chi connectivity index (χ0) is 10.8. The zero-order valence-corrected chi connectivity index (χ0v) is 8.89. The lowest BCUT2D eigenvalue weighted by Gasteiger charge is -1.99. The van der Waals surface area contributed by atoms with E-state index in [9.17, 15) is 4.79 Å². The van der Waals surface area contributed by atoms with Crippen molar-refractivity contribution in [2.45, 2.75) is 6.92 Å². The van der Waals surface area contributed by atoms with E-state index in [-0.39, 0.29) is 10.5 Å². The van der Waals surface area contributed by atoms with E-state index in [1.807, 2.05) is 31.2 Å². The number of hydrogen-bond donors (Lipinski definition) is 2. The Morgan fingerprint density at radius 2 is 1.87 bits per heavy atom. The Morgan fingerprint density at radius 3 is 2.47 bits per heavy atom. The Bertz CT molecular complexity index is 554. The lowest BCUT2D eigenvalue weighted by molar-refractivity contribution is 0.976. The van der Waals surface area contributed by atoms with Crippen LogP contribution >= 0.6 is 12.2 Å². The van der Waals surface area contributed by atoms with Crippen molar-refractivity contribution in [2.24, 2.45) is 0 Å². The highest BCUT2D eigenvalue weighted by molar-refractivity contribution is 7.71. The maximum atomic E-state index is 11.1. The Labute approximate surface area is 91.0 Å². The molecule has 5 heteroatoms. The summed E-state index contributed by atoms with van der Waals surface area (Å²) in [6.07, 6.45) is 0. The van der Waals surface area contributed by atoms with Crippen LogP contribution in [0.25, 0.3) is 11.4 Å². The number of aromatic amines is 2. The molecule has 2 N–H and O–H groups in total. The molecule has 15 heavy (non-hydrogen) atoms. The first-order valence-corrected chi connectivity index (χ1v) is 4.84. The molecule has 0 unspecified atom stereocenters. The molecule has 0 fully saturated rings. The van der Waals surface area contributed by atoms with Gasteiger partial charge in [0.15, 0.2) is 0 Å². The SMILES string of the molecule is Cc1ccc(-c2nc(=S)[nH]c(=O)[nH]2)cc1. The normalized spacial score (nSPS) is 10.2. The molecule has 0 saturated heterocycles. The summed E-state index contributed by atoms with van der Waals surface area (Å²) in [7, 11) is 0. The number of rotatable bonds is 1. The number of aromatic nitrogens is 3. The molecule has 1 heterocycles. The molecule has 0 aliphatic heterocycles. The second-order valence-electron chi connectivity index (χ2n) is 3.21. The van der Waals surface area contributed by atoms with Crippen molar-refractivity contribution in [3.05, 3.63) is 45.1 Å². The molecular weight excluding hydrogens is 210 g/mol. The van der Waals surface area contributed by atoms with Crippen LogP contribution in [0.1, 0.15) is 5.56 Å². The Hall–Kier alpha value is -1.75. The van der Waals surface area contributed by atoms with Gasteiger partial charge in [-0.1, -0.05) is 29.8 Å². The van der Waals surface area contributed by atoms with Gasteiger partial charge in [0.1, 0.15) is 5.82 Å². The summed E-state index contributed by atoms with van der Waals surface area (Å²) >= 11 is 4.83. The fourth-order valence-corrected chi connectivity index (χ4v) is 1.43. The molecule has 1 aromatic heterocycles. The van der Waals surface area contributed by atoms with Gasteiger partial charge in [0.2, 0.25) is 4.77 Å². The number of nitrogens with one attached hydrogen (secondary N) is 2. The summed E-state index contributed by atoms with van der Waals surface area (Å²) in [4.78, 5) is 20.2. The predicted molar refractivity (Wildman–Crippen MR) is 60.2 cm³/mol. The van der Waals surface area contributed by atoms with Crippen LogP contribution in [0.3, 0.4) is 0 Å². The molecule has 0 aliphatic rings. The third kappa shape index (κ3) is 2.19. The van der Waals surface area contributed by atoms with E-state index in [0.717, 1.165) is 11.1 Å². The topological polar surface area (TPSA) is 61.5 Å². The minimum Gasteiger partial charge on any atom is -0.291 e. The van der Waals surface area contributed by atoms with Crippen molar-refractivity contribution < 1.29 is 0 Å². The second-order valence-corrected chi connectivity index (χ2v) is 3.60. The predicted octanol–water partition coefficient (Wildman–Crippen LogP) is 1.80. The summed E-state index contributed by atoms with van der Waals surface area (Å²) in [6.45, 7) is 2.00. The molecule has 1 aromatic carbocycles. The van der Waals surface area contributed by atoms with Gasteiger partial charge in [-0.05, 0) is 19.1 Å². The molecule has 0 atom stereocenters. The molecule has 0 aliphatic carbocycles. The van der Waals surface area contributed by atoms with Crippen molar-refractivity contribution in [1.82, 2.24) is 15.0 Å². The smallest absolute Gasteiger partial charge is 0.291 e. The molecule has 4 nitrogen and oxygen atoms in total. The maximum Gasteiger partial charge on any atom is 0.326 e. The van der Waals surface area contributed by atoms with Crippen LogP contribution in [0.2, 0.25) is 0 Å². The lowest BCUT2D eigenvalue weighted by atomic mass is 10.1. The van der Waals surface area contributed by atoms with E-state index in [1.165, 1.54) is 0 Å². The summed E-state index contributed by atoms with van der Waals surface area (Å²) in [5.41, 5.74) is 1.66. The van der Waals surface area contributed by atoms with Gasteiger partial charge < -0.3 is 0 Å². The van der Waals surface area contributed by atoms with E-state index in [1.54, 1.807) is 0 Å². The molecule has 76 valence electrons. The largest absolute Gasteiger partial charge is 0.326 e. The van der Waals surface area contributed by atoms with Crippen LogP contribution in [0.15, 0.2) is 29.1 Å². The van der Waals surface area contributed by atoms with Crippen molar-refractivity contribution in [1.29, 1.82) is 0 Å². The van der Waals surface area contributed by atoms with Gasteiger partial charge >= 0.3 is 5.69 Å². The quantitative estimate of drug-likeness (QED) is 0.719. The minimum absolute atomic E-state index is 0.189. The average Bonchev–Trinajstić information content (AvgIpc) is 2.17. The first-order valence-electron chi connectivity index (χ1n) is 4.43. The molecule has 2 aromatic rings. The summed E-state index contributed by atoms with van der Waals surface area (Å²) < 4.78 is 0.189. The van der Waals surface area contributed by atoms with E-state index in [2.05, 4.69) is 15.0 Å². The molecule has 0 saturated carbocycles. The molecular formula is C10H9N3OS. The van der Waals surface area contributed by atoms with Gasteiger partial charge in [-0.2, -0.15) is 0 Å². The monoisotopic (exact) mass is 219 g/mol. The zero-order valence-electron chi connectivity index (χ0n) is 8.07. The van der Waals surface area contributed by atoms with E-state index >= 15 is 0 Å². The summed E-state index contributed by atoms with van der Waals surface area (Å²) in [5, 5.41) is 0. The van der Waals surface area contributed by atoms with Crippen LogP contribution in [0, 0.1) is 11.7 Å². The highest BCUT2D eigenvalue weighted by atomic mass is 32.1. The van der Waals surface area contributed by atoms with Crippen molar-refractivity contribution in [3.8, 4) is 11.4 Å². The van der Waals surface area contributed by atoms with Gasteiger partial charge in [-0.3, -0.25) is 9.97 Å². The molecule has 0 spiro atoms. The van der Waals surface area contributed by atoms with Crippen molar-refractivity contribution in [3.63, 3.8) is 0 Å². The molecule has 0 bridgehead atoms. The molecule has 0 radical (unpaired) electrons. The number of benzene rings is 1. The van der Waals surface area contributed by atoms with Gasteiger partial charge in [-0.15, -0.1) is 0 Å². The van der Waals surface area contributed by atoms with E-state index in [0.29, 0.717) is 5.82 Å². The Kier molecular flexibility index (Phi) is 2.47. The van der Waals surface area contributed by atoms with E-state index in [4.69, 9.17) is 12.2 Å². The van der Waals surface area contributed by atoms with E-state index < -0.39 is 0 Å². The minimum atomic E-state index is -0.342. The van der Waals surface area contributed by atoms with Gasteiger partial charge in [0.05, 0.1) is 0 Å². The molecule has 2 rings (SSSR count). The number of aryl methyl sites for hydroxylation is 1.